The highest BCUT2D eigenvalue weighted by atomic mass is 16.4. The highest BCUT2D eigenvalue weighted by Crippen LogP contribution is 2.31. The summed E-state index contributed by atoms with van der Waals surface area (Å²) in [6.07, 6.45) is 2.07. The number of H-pyrrole nitrogens is 1. The number of aromatic amines is 1. The zero-order chi connectivity index (χ0) is 14.9. The van der Waals surface area contributed by atoms with Gasteiger partial charge in [-0.1, -0.05) is 13.8 Å². The van der Waals surface area contributed by atoms with E-state index in [4.69, 9.17) is 5.11 Å². The van der Waals surface area contributed by atoms with Crippen LogP contribution in [0.2, 0.25) is 0 Å². The molecule has 4 N–H and O–H groups in total. The Hall–Kier alpha value is -1.98. The van der Waals surface area contributed by atoms with E-state index in [2.05, 4.69) is 29.5 Å². The minimum Gasteiger partial charge on any atom is -0.477 e. The van der Waals surface area contributed by atoms with Crippen molar-refractivity contribution in [3.8, 4) is 0 Å². The summed E-state index contributed by atoms with van der Waals surface area (Å²) in [7, 11) is 0. The van der Waals surface area contributed by atoms with E-state index in [9.17, 15) is 9.59 Å². The lowest BCUT2D eigenvalue weighted by Gasteiger charge is -2.19. The fraction of sp³-hybridized carbons (Fsp3) is 0.571. The Morgan fingerprint density at radius 2 is 2.05 bits per heavy atom. The lowest BCUT2D eigenvalue weighted by atomic mass is 9.98. The van der Waals surface area contributed by atoms with Gasteiger partial charge in [0.2, 0.25) is 0 Å². The first kappa shape index (κ1) is 14.4. The van der Waals surface area contributed by atoms with Crippen LogP contribution in [0.4, 0.5) is 10.5 Å². The summed E-state index contributed by atoms with van der Waals surface area (Å²) in [5, 5.41) is 14.6. The normalized spacial score (nSPS) is 25.4. The number of carboxylic acid groups (broad SMARTS) is 1. The number of anilines is 1. The van der Waals surface area contributed by atoms with Crippen molar-refractivity contribution in [2.45, 2.75) is 39.7 Å². The number of rotatable bonds is 3. The summed E-state index contributed by atoms with van der Waals surface area (Å²) in [6, 6.07) is 1.42. The average Bonchev–Trinajstić information content (AvgIpc) is 2.87. The molecule has 1 fully saturated rings. The summed E-state index contributed by atoms with van der Waals surface area (Å²) in [4.78, 5) is 25.7. The lowest BCUT2D eigenvalue weighted by molar-refractivity contribution is 0.0692. The first-order valence-corrected chi connectivity index (χ1v) is 6.89. The van der Waals surface area contributed by atoms with Gasteiger partial charge in [0.25, 0.3) is 0 Å². The van der Waals surface area contributed by atoms with Crippen molar-refractivity contribution in [1.29, 1.82) is 0 Å². The number of nitrogens with one attached hydrogen (secondary N) is 3. The minimum absolute atomic E-state index is 0.00508. The Bertz CT molecular complexity index is 524. The Labute approximate surface area is 118 Å². The molecule has 1 aliphatic carbocycles. The molecule has 1 heterocycles. The van der Waals surface area contributed by atoms with Gasteiger partial charge in [-0.05, 0) is 37.7 Å². The van der Waals surface area contributed by atoms with Gasteiger partial charge in [0, 0.05) is 11.7 Å². The van der Waals surface area contributed by atoms with Crippen molar-refractivity contribution in [2.24, 2.45) is 11.8 Å². The van der Waals surface area contributed by atoms with Crippen LogP contribution in [0.3, 0.4) is 0 Å². The zero-order valence-corrected chi connectivity index (χ0v) is 12.0. The molecule has 0 spiro atoms. The fourth-order valence-corrected chi connectivity index (χ4v) is 2.75. The van der Waals surface area contributed by atoms with E-state index >= 15 is 0 Å². The molecule has 6 heteroatoms. The number of aromatic carboxylic acids is 1. The molecule has 3 atom stereocenters. The first-order valence-electron chi connectivity index (χ1n) is 6.89. The van der Waals surface area contributed by atoms with Gasteiger partial charge in [-0.15, -0.1) is 0 Å². The van der Waals surface area contributed by atoms with Crippen LogP contribution in [-0.4, -0.2) is 28.1 Å². The molecule has 1 saturated carbocycles. The summed E-state index contributed by atoms with van der Waals surface area (Å²) < 4.78 is 0. The Morgan fingerprint density at radius 1 is 1.35 bits per heavy atom. The number of carbonyl (C=O) groups is 2. The predicted molar refractivity (Wildman–Crippen MR) is 76.0 cm³/mol. The topological polar surface area (TPSA) is 94.2 Å². The van der Waals surface area contributed by atoms with Crippen LogP contribution in [-0.2, 0) is 0 Å². The predicted octanol–water partition coefficient (Wildman–Crippen LogP) is 2.58. The largest absolute Gasteiger partial charge is 0.477 e. The Kier molecular flexibility index (Phi) is 4.01. The summed E-state index contributed by atoms with van der Waals surface area (Å²) in [5.41, 5.74) is 0.997. The van der Waals surface area contributed by atoms with Crippen molar-refractivity contribution in [2.75, 3.05) is 5.32 Å². The molecule has 1 aromatic heterocycles. The number of carboxylic acids is 1. The molecule has 20 heavy (non-hydrogen) atoms. The number of hydrogen-bond donors (Lipinski definition) is 4. The molecule has 2 rings (SSSR count). The number of hydrogen-bond acceptors (Lipinski definition) is 2. The highest BCUT2D eigenvalue weighted by molar-refractivity contribution is 5.99. The first-order chi connectivity index (χ1) is 9.38. The van der Waals surface area contributed by atoms with E-state index in [1.165, 1.54) is 0 Å². The molecule has 1 aromatic rings. The third-order valence-electron chi connectivity index (χ3n) is 4.20. The number of aryl methyl sites for hydroxylation is 1. The van der Waals surface area contributed by atoms with Gasteiger partial charge >= 0.3 is 12.0 Å². The van der Waals surface area contributed by atoms with Crippen LogP contribution in [0.5, 0.6) is 0 Å². The molecular weight excluding hydrogens is 258 g/mol. The van der Waals surface area contributed by atoms with Crippen molar-refractivity contribution in [3.05, 3.63) is 17.5 Å². The lowest BCUT2D eigenvalue weighted by Crippen LogP contribution is -2.40. The van der Waals surface area contributed by atoms with E-state index in [0.717, 1.165) is 12.8 Å². The van der Waals surface area contributed by atoms with E-state index in [-0.39, 0.29) is 17.8 Å². The van der Waals surface area contributed by atoms with Crippen LogP contribution in [0.1, 0.15) is 42.9 Å². The Morgan fingerprint density at radius 3 is 2.60 bits per heavy atom. The molecule has 0 bridgehead atoms. The molecular formula is C14H21N3O3. The van der Waals surface area contributed by atoms with Crippen molar-refractivity contribution in [3.63, 3.8) is 0 Å². The maximum atomic E-state index is 12.0. The third-order valence-corrected chi connectivity index (χ3v) is 4.20. The van der Waals surface area contributed by atoms with Gasteiger partial charge in [-0.3, -0.25) is 0 Å². The average molecular weight is 279 g/mol. The van der Waals surface area contributed by atoms with Gasteiger partial charge < -0.3 is 20.7 Å². The van der Waals surface area contributed by atoms with Crippen molar-refractivity contribution >= 4 is 17.7 Å². The molecule has 2 amide bonds. The van der Waals surface area contributed by atoms with Gasteiger partial charge in [0.05, 0.1) is 5.69 Å². The number of urea groups is 1. The maximum Gasteiger partial charge on any atom is 0.354 e. The van der Waals surface area contributed by atoms with E-state index < -0.39 is 5.97 Å². The molecule has 0 radical (unpaired) electrons. The molecule has 1 aliphatic rings. The van der Waals surface area contributed by atoms with Crippen molar-refractivity contribution in [1.82, 2.24) is 10.3 Å². The van der Waals surface area contributed by atoms with Gasteiger partial charge in [0.1, 0.15) is 5.69 Å². The SMILES string of the molecule is Cc1cc(NC(=O)NC2CCC(C)C2C)c(C(=O)O)[nH]1. The van der Waals surface area contributed by atoms with Gasteiger partial charge in [-0.25, -0.2) is 9.59 Å². The molecule has 3 unspecified atom stereocenters. The van der Waals surface area contributed by atoms with E-state index in [1.807, 2.05) is 0 Å². The summed E-state index contributed by atoms with van der Waals surface area (Å²) in [5.74, 6) is -0.0479. The van der Waals surface area contributed by atoms with Gasteiger partial charge in [-0.2, -0.15) is 0 Å². The quantitative estimate of drug-likeness (QED) is 0.685. The molecule has 110 valence electrons. The van der Waals surface area contributed by atoms with Crippen LogP contribution in [0.15, 0.2) is 6.07 Å². The number of amides is 2. The standard InChI is InChI=1S/C14H21N3O3/c1-7-4-5-10(9(7)3)16-14(20)17-11-6-8(2)15-12(11)13(18)19/h6-7,9-10,15H,4-5H2,1-3H3,(H,18,19)(H2,16,17,20). The second-order valence-corrected chi connectivity index (χ2v) is 5.66. The smallest absolute Gasteiger partial charge is 0.354 e. The van der Waals surface area contributed by atoms with Crippen molar-refractivity contribution < 1.29 is 14.7 Å². The third kappa shape index (κ3) is 2.95. The summed E-state index contributed by atoms with van der Waals surface area (Å²) in [6.45, 7) is 6.06. The molecule has 0 aliphatic heterocycles. The van der Waals surface area contributed by atoms with Crippen LogP contribution >= 0.6 is 0 Å². The summed E-state index contributed by atoms with van der Waals surface area (Å²) >= 11 is 0. The number of aromatic nitrogens is 1. The fourth-order valence-electron chi connectivity index (χ4n) is 2.75. The Balaban J connectivity index is 2.00. The zero-order valence-electron chi connectivity index (χ0n) is 12.0. The van der Waals surface area contributed by atoms with E-state index in [0.29, 0.717) is 23.2 Å². The molecule has 6 nitrogen and oxygen atoms in total. The monoisotopic (exact) mass is 279 g/mol. The second kappa shape index (κ2) is 5.56. The van der Waals surface area contributed by atoms with E-state index in [1.54, 1.807) is 13.0 Å². The maximum absolute atomic E-state index is 12.0. The minimum atomic E-state index is -1.09. The van der Waals surface area contributed by atoms with Crippen LogP contribution in [0, 0.1) is 18.8 Å². The molecule has 0 aromatic carbocycles. The molecule has 0 saturated heterocycles. The second-order valence-electron chi connectivity index (χ2n) is 5.66. The number of carbonyl (C=O) groups excluding carboxylic acids is 1. The van der Waals surface area contributed by atoms with Gasteiger partial charge in [0.15, 0.2) is 0 Å². The van der Waals surface area contributed by atoms with Crippen LogP contribution in [0.25, 0.3) is 0 Å². The van der Waals surface area contributed by atoms with Crippen LogP contribution < -0.4 is 10.6 Å². The highest BCUT2D eigenvalue weighted by Gasteiger charge is 2.30.